The Bertz CT molecular complexity index is 925. The molecule has 7 nitrogen and oxygen atoms in total. The number of halogens is 3. The average molecular weight is 391 g/mol. The second-order valence-electron chi connectivity index (χ2n) is 4.98. The van der Waals surface area contributed by atoms with Crippen molar-refractivity contribution in [2.24, 2.45) is 0 Å². The van der Waals surface area contributed by atoms with Gasteiger partial charge in [0, 0.05) is 0 Å². The molecule has 0 radical (unpaired) electrons. The first-order valence-corrected chi connectivity index (χ1v) is 8.21. The highest BCUT2D eigenvalue weighted by atomic mass is 32.2. The summed E-state index contributed by atoms with van der Waals surface area (Å²) in [6, 6.07) is 6.51. The van der Waals surface area contributed by atoms with Gasteiger partial charge in [0.2, 0.25) is 0 Å². The quantitative estimate of drug-likeness (QED) is 0.758. The van der Waals surface area contributed by atoms with Crippen LogP contribution in [0.15, 0.2) is 42.5 Å². The summed E-state index contributed by atoms with van der Waals surface area (Å²) in [5, 5.41) is 9.21. The number of nitrogens with zero attached hydrogens (tertiary/aromatic N) is 1. The number of hydrogen-bond donors (Lipinski definition) is 2. The van der Waals surface area contributed by atoms with E-state index < -0.39 is 39.3 Å². The fourth-order valence-electron chi connectivity index (χ4n) is 2.17. The number of carboxylic acid groups (broad SMARTS) is 1. The molecular weight excluding hydrogens is 379 g/mol. The minimum Gasteiger partial charge on any atom is -0.497 e. The molecule has 2 N–H and O–H groups in total. The highest BCUT2D eigenvalue weighted by molar-refractivity contribution is 7.87. The van der Waals surface area contributed by atoms with Crippen LogP contribution in [0.4, 0.5) is 24.5 Å². The van der Waals surface area contributed by atoms with Crippen LogP contribution in [0.3, 0.4) is 0 Å². The third-order valence-electron chi connectivity index (χ3n) is 3.31. The van der Waals surface area contributed by atoms with Crippen LogP contribution in [0.25, 0.3) is 0 Å². The molecular formula is C15H12F3NO6S. The summed E-state index contributed by atoms with van der Waals surface area (Å²) in [5.41, 5.74) is -3.08. The van der Waals surface area contributed by atoms with Crippen molar-refractivity contribution >= 4 is 27.6 Å². The summed E-state index contributed by atoms with van der Waals surface area (Å²) < 4.78 is 76.6. The first-order chi connectivity index (χ1) is 11.9. The van der Waals surface area contributed by atoms with Gasteiger partial charge in [-0.25, -0.2) is 9.10 Å². The molecule has 0 spiro atoms. The second-order valence-corrected chi connectivity index (χ2v) is 6.24. The zero-order valence-electron chi connectivity index (χ0n) is 13.1. The molecule has 26 heavy (non-hydrogen) atoms. The lowest BCUT2D eigenvalue weighted by Crippen LogP contribution is -2.27. The predicted octanol–water partition coefficient (Wildman–Crippen LogP) is 3.35. The number of anilines is 2. The predicted molar refractivity (Wildman–Crippen MR) is 85.1 cm³/mol. The number of carboxylic acids is 1. The average Bonchev–Trinajstić information content (AvgIpc) is 2.53. The van der Waals surface area contributed by atoms with E-state index in [0.717, 1.165) is 0 Å². The maximum atomic E-state index is 12.8. The summed E-state index contributed by atoms with van der Waals surface area (Å²) in [6.45, 7) is 0. The number of hydrogen-bond acceptors (Lipinski definition) is 4. The van der Waals surface area contributed by atoms with E-state index in [1.807, 2.05) is 0 Å². The van der Waals surface area contributed by atoms with Crippen LogP contribution in [0.5, 0.6) is 5.75 Å². The molecule has 0 bridgehead atoms. The monoisotopic (exact) mass is 391 g/mol. The van der Waals surface area contributed by atoms with Crippen molar-refractivity contribution in [2.75, 3.05) is 11.4 Å². The van der Waals surface area contributed by atoms with Gasteiger partial charge in [0.25, 0.3) is 0 Å². The molecule has 0 aliphatic carbocycles. The van der Waals surface area contributed by atoms with Gasteiger partial charge < -0.3 is 9.84 Å². The highest BCUT2D eigenvalue weighted by Crippen LogP contribution is 2.36. The maximum absolute atomic E-state index is 12.8. The maximum Gasteiger partial charge on any atom is 0.416 e. The summed E-state index contributed by atoms with van der Waals surface area (Å²) >= 11 is 0. The largest absolute Gasteiger partial charge is 0.497 e. The molecule has 2 aromatic carbocycles. The molecule has 0 fully saturated rings. The van der Waals surface area contributed by atoms with Gasteiger partial charge in [-0.15, -0.1) is 0 Å². The van der Waals surface area contributed by atoms with Crippen molar-refractivity contribution in [2.45, 2.75) is 6.18 Å². The van der Waals surface area contributed by atoms with Crippen LogP contribution >= 0.6 is 0 Å². The van der Waals surface area contributed by atoms with Gasteiger partial charge >= 0.3 is 22.4 Å². The van der Waals surface area contributed by atoms with Gasteiger partial charge in [-0.3, -0.25) is 4.55 Å². The second kappa shape index (κ2) is 6.84. The zero-order chi connectivity index (χ0) is 19.7. The molecule has 2 aromatic rings. The molecule has 11 heteroatoms. The number of rotatable bonds is 5. The molecule has 0 aromatic heterocycles. The molecule has 0 atom stereocenters. The van der Waals surface area contributed by atoms with Crippen LogP contribution in [0.2, 0.25) is 0 Å². The Kier molecular flexibility index (Phi) is 5.14. The lowest BCUT2D eigenvalue weighted by Gasteiger charge is -2.23. The number of benzene rings is 2. The van der Waals surface area contributed by atoms with Gasteiger partial charge in [0.15, 0.2) is 0 Å². The van der Waals surface area contributed by atoms with Crippen molar-refractivity contribution in [3.05, 3.63) is 53.6 Å². The lowest BCUT2D eigenvalue weighted by atomic mass is 10.1. The topological polar surface area (TPSA) is 104 Å². The van der Waals surface area contributed by atoms with E-state index in [0.29, 0.717) is 23.9 Å². The van der Waals surface area contributed by atoms with E-state index in [1.165, 1.54) is 31.4 Å². The summed E-state index contributed by atoms with van der Waals surface area (Å²) in [4.78, 5) is 11.4. The smallest absolute Gasteiger partial charge is 0.416 e. The molecule has 0 saturated carbocycles. The Balaban J connectivity index is 2.71. The normalized spacial score (nSPS) is 11.9. The molecule has 0 unspecified atom stereocenters. The van der Waals surface area contributed by atoms with Gasteiger partial charge in [-0.2, -0.15) is 21.6 Å². The first-order valence-electron chi connectivity index (χ1n) is 6.81. The first kappa shape index (κ1) is 19.5. The Morgan fingerprint density at radius 1 is 1.12 bits per heavy atom. The molecule has 0 saturated heterocycles. The molecule has 0 heterocycles. The Morgan fingerprint density at radius 3 is 2.12 bits per heavy atom. The Morgan fingerprint density at radius 2 is 1.69 bits per heavy atom. The minimum atomic E-state index is -5.05. The van der Waals surface area contributed by atoms with Crippen LogP contribution < -0.4 is 9.04 Å². The fourth-order valence-corrected chi connectivity index (χ4v) is 2.97. The Hall–Kier alpha value is -2.79. The highest BCUT2D eigenvalue weighted by Gasteiger charge is 2.34. The summed E-state index contributed by atoms with van der Waals surface area (Å²) in [6.07, 6.45) is -4.83. The van der Waals surface area contributed by atoms with E-state index in [9.17, 15) is 36.0 Å². The van der Waals surface area contributed by atoms with Crippen molar-refractivity contribution < 1.29 is 40.8 Å². The molecule has 0 aliphatic heterocycles. The molecule has 140 valence electrons. The number of ether oxygens (including phenoxy) is 1. The third kappa shape index (κ3) is 4.06. The molecule has 0 amide bonds. The van der Waals surface area contributed by atoms with E-state index in [4.69, 9.17) is 4.74 Å². The van der Waals surface area contributed by atoms with Crippen LogP contribution in [0, 0.1) is 0 Å². The number of alkyl halides is 3. The standard InChI is InChI=1S/C15H12F3NO6S/c1-25-11-5-3-10(4-6-11)19(26(22,23)24)13-7-2-9(15(16,17)18)8-12(13)14(20)21/h2-8H,1H3,(H,20,21)(H,22,23,24). The van der Waals surface area contributed by atoms with Crippen LogP contribution in [0.1, 0.15) is 15.9 Å². The van der Waals surface area contributed by atoms with Crippen molar-refractivity contribution in [3.8, 4) is 5.75 Å². The third-order valence-corrected chi connectivity index (χ3v) is 4.18. The summed E-state index contributed by atoms with van der Waals surface area (Å²) in [5.74, 6) is -1.46. The number of methoxy groups -OCH3 is 1. The minimum absolute atomic E-state index is 0.199. The number of aromatic carboxylic acids is 1. The SMILES string of the molecule is COc1ccc(N(c2ccc(C(F)(F)F)cc2C(=O)O)S(=O)(=O)O)cc1. The summed E-state index contributed by atoms with van der Waals surface area (Å²) in [7, 11) is -3.69. The zero-order valence-corrected chi connectivity index (χ0v) is 13.9. The fraction of sp³-hybridized carbons (Fsp3) is 0.133. The van der Waals surface area contributed by atoms with Crippen molar-refractivity contribution in [1.29, 1.82) is 0 Å². The van der Waals surface area contributed by atoms with Gasteiger partial charge in [0.1, 0.15) is 5.75 Å². The van der Waals surface area contributed by atoms with E-state index in [2.05, 4.69) is 0 Å². The van der Waals surface area contributed by atoms with E-state index >= 15 is 0 Å². The lowest BCUT2D eigenvalue weighted by molar-refractivity contribution is -0.137. The van der Waals surface area contributed by atoms with E-state index in [1.54, 1.807) is 0 Å². The molecule has 0 aliphatic rings. The van der Waals surface area contributed by atoms with Crippen molar-refractivity contribution in [1.82, 2.24) is 0 Å². The Labute approximate surface area is 146 Å². The van der Waals surface area contributed by atoms with E-state index in [-0.39, 0.29) is 9.99 Å². The van der Waals surface area contributed by atoms with Gasteiger partial charge in [-0.05, 0) is 42.5 Å². The molecule has 2 rings (SSSR count). The van der Waals surface area contributed by atoms with Gasteiger partial charge in [0.05, 0.1) is 29.6 Å². The van der Waals surface area contributed by atoms with Gasteiger partial charge in [-0.1, -0.05) is 0 Å². The van der Waals surface area contributed by atoms with Crippen LogP contribution in [-0.2, 0) is 16.5 Å². The van der Waals surface area contributed by atoms with Crippen molar-refractivity contribution in [3.63, 3.8) is 0 Å². The van der Waals surface area contributed by atoms with Crippen LogP contribution in [-0.4, -0.2) is 31.2 Å². The number of carbonyl (C=O) groups is 1.